The van der Waals surface area contributed by atoms with Gasteiger partial charge in [0.25, 0.3) is 0 Å². The highest BCUT2D eigenvalue weighted by Crippen LogP contribution is 2.22. The highest BCUT2D eigenvalue weighted by atomic mass is 16.2. The first-order chi connectivity index (χ1) is 8.31. The van der Waals surface area contributed by atoms with Crippen molar-refractivity contribution in [1.29, 1.82) is 0 Å². The molecule has 17 heavy (non-hydrogen) atoms. The van der Waals surface area contributed by atoms with Crippen LogP contribution in [0.3, 0.4) is 0 Å². The molecule has 0 heterocycles. The zero-order valence-corrected chi connectivity index (χ0v) is 9.07. The number of nitrogens with one attached hydrogen (secondary N) is 2. The molecule has 0 aliphatic carbocycles. The number of carbonyl (C=O) groups is 1. The molecule has 2 aromatic rings. The number of carbonyl (C=O) groups excluding carboxylic acids is 2. The summed E-state index contributed by atoms with van der Waals surface area (Å²) >= 11 is 0. The monoisotopic (exact) mass is 227 g/mol. The summed E-state index contributed by atoms with van der Waals surface area (Å²) in [5.41, 5.74) is 0.714. The van der Waals surface area contributed by atoms with Crippen molar-refractivity contribution in [3.05, 3.63) is 42.5 Å². The van der Waals surface area contributed by atoms with E-state index in [1.54, 1.807) is 6.29 Å². The number of anilines is 1. The largest absolute Gasteiger partial charge is 0.330 e. The second-order valence-electron chi connectivity index (χ2n) is 3.48. The number of rotatable bonds is 3. The number of fused-ring (bicyclic) bond motifs is 1. The summed E-state index contributed by atoms with van der Waals surface area (Å²) in [6.07, 6.45) is 1.60. The molecule has 4 heteroatoms. The number of urea groups is 1. The van der Waals surface area contributed by atoms with Crippen molar-refractivity contribution in [2.75, 3.05) is 11.9 Å². The Hall–Kier alpha value is -2.36. The number of benzene rings is 2. The van der Waals surface area contributed by atoms with Crippen molar-refractivity contribution in [2.24, 2.45) is 0 Å². The van der Waals surface area contributed by atoms with E-state index in [9.17, 15) is 9.59 Å². The van der Waals surface area contributed by atoms with Gasteiger partial charge in [0.2, 0.25) is 6.29 Å². The van der Waals surface area contributed by atoms with Crippen LogP contribution >= 0.6 is 0 Å². The topological polar surface area (TPSA) is 58.2 Å². The van der Waals surface area contributed by atoms with E-state index in [0.717, 1.165) is 10.8 Å². The summed E-state index contributed by atoms with van der Waals surface area (Å²) in [7, 11) is 0. The van der Waals surface area contributed by atoms with Gasteiger partial charge in [0.05, 0.1) is 12.2 Å². The van der Waals surface area contributed by atoms with Crippen molar-refractivity contribution in [3.63, 3.8) is 0 Å². The minimum absolute atomic E-state index is 0.114. The van der Waals surface area contributed by atoms with Gasteiger partial charge in [0.15, 0.2) is 0 Å². The Morgan fingerprint density at radius 2 is 1.88 bits per heavy atom. The molecular weight excluding hydrogens is 216 g/mol. The molecule has 2 N–H and O–H groups in total. The van der Waals surface area contributed by atoms with Gasteiger partial charge in [0, 0.05) is 5.39 Å². The first-order valence-electron chi connectivity index (χ1n) is 5.19. The first-order valence-corrected chi connectivity index (χ1v) is 5.19. The Labute approximate surface area is 98.6 Å². The van der Waals surface area contributed by atoms with Gasteiger partial charge in [-0.2, -0.15) is 0 Å². The summed E-state index contributed by atoms with van der Waals surface area (Å²) in [6.45, 7) is -0.114. The van der Waals surface area contributed by atoms with Crippen LogP contribution in [0.15, 0.2) is 42.5 Å². The summed E-state index contributed by atoms with van der Waals surface area (Å²) in [4.78, 5) is 21.4. The number of hydrogen-bond acceptors (Lipinski definition) is 2. The summed E-state index contributed by atoms with van der Waals surface area (Å²) in [6, 6.07) is 13.0. The fourth-order valence-electron chi connectivity index (χ4n) is 1.62. The minimum atomic E-state index is -0.412. The third-order valence-corrected chi connectivity index (χ3v) is 2.36. The molecule has 85 valence electrons. The van der Waals surface area contributed by atoms with Crippen LogP contribution in [0.5, 0.6) is 0 Å². The zero-order valence-electron chi connectivity index (χ0n) is 9.07. The molecule has 4 nitrogen and oxygen atoms in total. The van der Waals surface area contributed by atoms with Crippen molar-refractivity contribution in [1.82, 2.24) is 5.32 Å². The lowest BCUT2D eigenvalue weighted by Crippen LogP contribution is -2.30. The molecule has 0 atom stereocenters. The molecule has 0 aliphatic heterocycles. The van der Waals surface area contributed by atoms with Crippen LogP contribution in [-0.4, -0.2) is 18.9 Å². The molecular formula is C13H11N2O2. The Morgan fingerprint density at radius 1 is 1.12 bits per heavy atom. The summed E-state index contributed by atoms with van der Waals surface area (Å²) in [5, 5.41) is 7.07. The van der Waals surface area contributed by atoms with Gasteiger partial charge in [-0.25, -0.2) is 4.79 Å². The molecule has 0 spiro atoms. The Morgan fingerprint density at radius 3 is 2.71 bits per heavy atom. The molecule has 0 saturated heterocycles. The van der Waals surface area contributed by atoms with E-state index in [1.165, 1.54) is 0 Å². The maximum atomic E-state index is 11.4. The molecule has 2 rings (SSSR count). The normalized spacial score (nSPS) is 9.88. The quantitative estimate of drug-likeness (QED) is 0.843. The number of amides is 2. The van der Waals surface area contributed by atoms with Gasteiger partial charge in [-0.15, -0.1) is 0 Å². The average molecular weight is 227 g/mol. The lowest BCUT2D eigenvalue weighted by atomic mass is 10.1. The average Bonchev–Trinajstić information content (AvgIpc) is 2.37. The third kappa shape index (κ3) is 2.60. The first kappa shape index (κ1) is 11.1. The molecule has 0 bridgehead atoms. The SMILES string of the molecule is O=[C]CNC(=O)Nc1cccc2ccccc12. The molecule has 0 saturated carbocycles. The highest BCUT2D eigenvalue weighted by molar-refractivity contribution is 6.01. The van der Waals surface area contributed by atoms with Crippen LogP contribution in [-0.2, 0) is 4.79 Å². The Bertz CT molecular complexity index is 547. The predicted molar refractivity (Wildman–Crippen MR) is 66.7 cm³/mol. The predicted octanol–water partition coefficient (Wildman–Crippen LogP) is 2.07. The zero-order chi connectivity index (χ0) is 12.1. The van der Waals surface area contributed by atoms with Gasteiger partial charge >= 0.3 is 6.03 Å². The van der Waals surface area contributed by atoms with Crippen LogP contribution in [0.2, 0.25) is 0 Å². The van der Waals surface area contributed by atoms with Gasteiger partial charge in [0.1, 0.15) is 0 Å². The van der Waals surface area contributed by atoms with E-state index in [4.69, 9.17) is 0 Å². The van der Waals surface area contributed by atoms with Crippen molar-refractivity contribution >= 4 is 28.8 Å². The maximum Gasteiger partial charge on any atom is 0.319 e. The van der Waals surface area contributed by atoms with E-state index in [1.807, 2.05) is 42.5 Å². The Kier molecular flexibility index (Phi) is 3.35. The second kappa shape index (κ2) is 5.12. The third-order valence-electron chi connectivity index (χ3n) is 2.36. The molecule has 2 aromatic carbocycles. The minimum Gasteiger partial charge on any atom is -0.330 e. The lowest BCUT2D eigenvalue weighted by molar-refractivity contribution is 0.253. The summed E-state index contributed by atoms with van der Waals surface area (Å²) < 4.78 is 0. The smallest absolute Gasteiger partial charge is 0.319 e. The summed E-state index contributed by atoms with van der Waals surface area (Å²) in [5.74, 6) is 0. The second-order valence-corrected chi connectivity index (χ2v) is 3.48. The van der Waals surface area contributed by atoms with Gasteiger partial charge in [-0.05, 0) is 11.5 Å². The van der Waals surface area contributed by atoms with E-state index in [2.05, 4.69) is 10.6 Å². The van der Waals surface area contributed by atoms with E-state index in [-0.39, 0.29) is 6.54 Å². The van der Waals surface area contributed by atoms with Crippen molar-refractivity contribution in [2.45, 2.75) is 0 Å². The van der Waals surface area contributed by atoms with Crippen LogP contribution in [0, 0.1) is 0 Å². The Balaban J connectivity index is 2.23. The molecule has 0 unspecified atom stereocenters. The van der Waals surface area contributed by atoms with Gasteiger partial charge < -0.3 is 10.6 Å². The van der Waals surface area contributed by atoms with E-state index < -0.39 is 6.03 Å². The fourth-order valence-corrected chi connectivity index (χ4v) is 1.62. The van der Waals surface area contributed by atoms with Crippen LogP contribution < -0.4 is 10.6 Å². The molecule has 0 aliphatic rings. The van der Waals surface area contributed by atoms with E-state index in [0.29, 0.717) is 5.69 Å². The van der Waals surface area contributed by atoms with Gasteiger partial charge in [-0.3, -0.25) is 4.79 Å². The van der Waals surface area contributed by atoms with Crippen molar-refractivity contribution in [3.8, 4) is 0 Å². The number of hydrogen-bond donors (Lipinski definition) is 2. The van der Waals surface area contributed by atoms with E-state index >= 15 is 0 Å². The molecule has 0 aromatic heterocycles. The molecule has 2 amide bonds. The lowest BCUT2D eigenvalue weighted by Gasteiger charge is -2.08. The fraction of sp³-hybridized carbons (Fsp3) is 0.0769. The van der Waals surface area contributed by atoms with Crippen LogP contribution in [0.25, 0.3) is 10.8 Å². The van der Waals surface area contributed by atoms with Crippen molar-refractivity contribution < 1.29 is 9.59 Å². The maximum absolute atomic E-state index is 11.4. The molecule has 1 radical (unpaired) electrons. The molecule has 0 fully saturated rings. The van der Waals surface area contributed by atoms with Crippen LogP contribution in [0.1, 0.15) is 0 Å². The van der Waals surface area contributed by atoms with Crippen LogP contribution in [0.4, 0.5) is 10.5 Å². The standard InChI is InChI=1S/C13H11N2O2/c16-9-8-14-13(17)15-12-7-3-5-10-4-1-2-6-11(10)12/h1-7H,8H2,(H2,14,15,17). The van der Waals surface area contributed by atoms with Gasteiger partial charge in [-0.1, -0.05) is 36.4 Å². The highest BCUT2D eigenvalue weighted by Gasteiger charge is 2.03.